The molecule has 0 unspecified atom stereocenters. The third kappa shape index (κ3) is 4.82. The average molecular weight is 350 g/mol. The molecule has 0 aromatic heterocycles. The summed E-state index contributed by atoms with van der Waals surface area (Å²) in [4.78, 5) is 0. The summed E-state index contributed by atoms with van der Waals surface area (Å²) in [7, 11) is 0. The normalized spacial score (nSPS) is 20.0. The van der Waals surface area contributed by atoms with Crippen LogP contribution < -0.4 is 0 Å². The van der Waals surface area contributed by atoms with Crippen molar-refractivity contribution in [2.45, 2.75) is 39.0 Å². The molecule has 2 aromatic carbocycles. The molecule has 0 saturated heterocycles. The van der Waals surface area contributed by atoms with Gasteiger partial charge in [-0.05, 0) is 80.3 Å². The lowest BCUT2D eigenvalue weighted by Crippen LogP contribution is -2.12. The van der Waals surface area contributed by atoms with Crippen molar-refractivity contribution in [2.75, 3.05) is 0 Å². The van der Waals surface area contributed by atoms with Crippen molar-refractivity contribution >= 4 is 0 Å². The number of rotatable bonds is 3. The summed E-state index contributed by atoms with van der Waals surface area (Å²) < 4.78 is 26.4. The number of benzene rings is 2. The Hall–Kier alpha value is -2.40. The van der Waals surface area contributed by atoms with Gasteiger partial charge >= 0.3 is 0 Å². The molecular weight excluding hydrogens is 326 g/mol. The van der Waals surface area contributed by atoms with Gasteiger partial charge in [-0.1, -0.05) is 42.2 Å². The largest absolute Gasteiger partial charge is 0.204 e. The van der Waals surface area contributed by atoms with Crippen LogP contribution in [-0.4, -0.2) is 0 Å². The van der Waals surface area contributed by atoms with Crippen molar-refractivity contribution in [3.8, 4) is 23.0 Å². The monoisotopic (exact) mass is 350 g/mol. The summed E-state index contributed by atoms with van der Waals surface area (Å²) in [6.07, 6.45) is 10.5. The van der Waals surface area contributed by atoms with Gasteiger partial charge in [-0.15, -0.1) is 0 Å². The lowest BCUT2D eigenvalue weighted by Gasteiger charge is -2.24. The molecule has 3 rings (SSSR count). The minimum atomic E-state index is -0.823. The number of hydrogen-bond acceptors (Lipinski definition) is 0. The average Bonchev–Trinajstić information content (AvgIpc) is 2.68. The van der Waals surface area contributed by atoms with Gasteiger partial charge in [0.15, 0.2) is 11.6 Å². The standard InChI is InChI=1S/C24H24F2/c1-2-3-4-18-5-7-19(8-6-18)9-10-20-11-13-21(14-12-20)22-15-16-23(25)24(26)17-22/h2-3,11-19H,4-8H2,1H3/b3-2+. The molecule has 1 saturated carbocycles. The molecule has 1 aliphatic rings. The molecule has 0 nitrogen and oxygen atoms in total. The fraction of sp³-hybridized carbons (Fsp3) is 0.333. The Balaban J connectivity index is 1.60. The second kappa shape index (κ2) is 8.81. The van der Waals surface area contributed by atoms with Crippen LogP contribution in [0.1, 0.15) is 44.6 Å². The molecule has 0 bridgehead atoms. The molecule has 0 amide bonds. The van der Waals surface area contributed by atoms with E-state index in [1.54, 1.807) is 6.07 Å². The highest BCUT2D eigenvalue weighted by Crippen LogP contribution is 2.30. The molecule has 0 N–H and O–H groups in total. The Morgan fingerprint density at radius 1 is 0.923 bits per heavy atom. The van der Waals surface area contributed by atoms with E-state index < -0.39 is 11.6 Å². The van der Waals surface area contributed by atoms with Crippen LogP contribution in [0.5, 0.6) is 0 Å². The maximum atomic E-state index is 13.4. The topological polar surface area (TPSA) is 0 Å². The number of halogens is 2. The van der Waals surface area contributed by atoms with Crippen LogP contribution in [-0.2, 0) is 0 Å². The smallest absolute Gasteiger partial charge is 0.159 e. The van der Waals surface area contributed by atoms with Crippen LogP contribution in [0.15, 0.2) is 54.6 Å². The van der Waals surface area contributed by atoms with E-state index >= 15 is 0 Å². The lowest BCUT2D eigenvalue weighted by molar-refractivity contribution is 0.319. The zero-order valence-corrected chi connectivity index (χ0v) is 15.1. The SMILES string of the molecule is C/C=C/CC1CCC(C#Cc2ccc(-c3ccc(F)c(F)c3)cc2)CC1. The Kier molecular flexibility index (Phi) is 6.23. The zero-order chi connectivity index (χ0) is 18.4. The highest BCUT2D eigenvalue weighted by atomic mass is 19.2. The first-order chi connectivity index (χ1) is 12.7. The van der Waals surface area contributed by atoms with Gasteiger partial charge in [-0.25, -0.2) is 8.78 Å². The molecule has 0 radical (unpaired) electrons. The van der Waals surface area contributed by atoms with E-state index in [4.69, 9.17) is 0 Å². The van der Waals surface area contributed by atoms with Crippen LogP contribution in [0.4, 0.5) is 8.78 Å². The van der Waals surface area contributed by atoms with Crippen LogP contribution in [0, 0.1) is 35.3 Å². The van der Waals surface area contributed by atoms with Crippen molar-refractivity contribution < 1.29 is 8.78 Å². The Labute approximate surface area is 155 Å². The molecule has 1 aliphatic carbocycles. The van der Waals surface area contributed by atoms with Crippen LogP contribution in [0.3, 0.4) is 0 Å². The van der Waals surface area contributed by atoms with E-state index in [1.807, 2.05) is 24.3 Å². The summed E-state index contributed by atoms with van der Waals surface area (Å²) in [6.45, 7) is 2.08. The van der Waals surface area contributed by atoms with E-state index in [1.165, 1.54) is 38.2 Å². The Bertz CT molecular complexity index is 814. The summed E-state index contributed by atoms with van der Waals surface area (Å²) >= 11 is 0. The first kappa shape index (κ1) is 18.4. The van der Waals surface area contributed by atoms with Gasteiger partial charge in [0, 0.05) is 11.5 Å². The molecule has 0 spiro atoms. The van der Waals surface area contributed by atoms with Gasteiger partial charge in [-0.3, -0.25) is 0 Å². The first-order valence-electron chi connectivity index (χ1n) is 9.34. The van der Waals surface area contributed by atoms with Crippen molar-refractivity contribution in [2.24, 2.45) is 11.8 Å². The van der Waals surface area contributed by atoms with E-state index in [-0.39, 0.29) is 0 Å². The quantitative estimate of drug-likeness (QED) is 0.424. The van der Waals surface area contributed by atoms with E-state index in [0.717, 1.165) is 23.1 Å². The Morgan fingerprint density at radius 3 is 2.27 bits per heavy atom. The van der Waals surface area contributed by atoms with Crippen molar-refractivity contribution in [3.05, 3.63) is 71.8 Å². The van der Waals surface area contributed by atoms with E-state index in [0.29, 0.717) is 11.5 Å². The molecule has 0 heterocycles. The third-order valence-electron chi connectivity index (χ3n) is 5.11. The molecule has 0 aliphatic heterocycles. The second-order valence-corrected chi connectivity index (χ2v) is 7.00. The predicted octanol–water partition coefficient (Wildman–Crippen LogP) is 6.76. The van der Waals surface area contributed by atoms with Crippen molar-refractivity contribution in [3.63, 3.8) is 0 Å². The number of allylic oxidation sites excluding steroid dienone is 2. The van der Waals surface area contributed by atoms with Gasteiger partial charge in [0.1, 0.15) is 0 Å². The fourth-order valence-electron chi connectivity index (χ4n) is 3.48. The summed E-state index contributed by atoms with van der Waals surface area (Å²) in [5.41, 5.74) is 2.49. The van der Waals surface area contributed by atoms with Gasteiger partial charge in [0.05, 0.1) is 0 Å². The second-order valence-electron chi connectivity index (χ2n) is 7.00. The van der Waals surface area contributed by atoms with E-state index in [9.17, 15) is 8.78 Å². The molecule has 134 valence electrons. The third-order valence-corrected chi connectivity index (χ3v) is 5.11. The van der Waals surface area contributed by atoms with E-state index in [2.05, 4.69) is 30.9 Å². The minimum Gasteiger partial charge on any atom is -0.204 e. The first-order valence-corrected chi connectivity index (χ1v) is 9.34. The van der Waals surface area contributed by atoms with Crippen molar-refractivity contribution in [1.82, 2.24) is 0 Å². The van der Waals surface area contributed by atoms with Crippen molar-refractivity contribution in [1.29, 1.82) is 0 Å². The number of hydrogen-bond donors (Lipinski definition) is 0. The zero-order valence-electron chi connectivity index (χ0n) is 15.1. The van der Waals surface area contributed by atoms with Gasteiger partial charge in [0.25, 0.3) is 0 Å². The Morgan fingerprint density at radius 2 is 1.62 bits per heavy atom. The summed E-state index contributed by atoms with van der Waals surface area (Å²) in [5.74, 6) is 6.35. The molecule has 2 heteroatoms. The fourth-order valence-corrected chi connectivity index (χ4v) is 3.48. The van der Waals surface area contributed by atoms with Gasteiger partial charge in [0.2, 0.25) is 0 Å². The molecule has 26 heavy (non-hydrogen) atoms. The molecular formula is C24H24F2. The maximum absolute atomic E-state index is 13.4. The van der Waals surface area contributed by atoms with Crippen LogP contribution >= 0.6 is 0 Å². The molecule has 1 fully saturated rings. The highest BCUT2D eigenvalue weighted by Gasteiger charge is 2.18. The van der Waals surface area contributed by atoms with Crippen LogP contribution in [0.25, 0.3) is 11.1 Å². The predicted molar refractivity (Wildman–Crippen MR) is 104 cm³/mol. The van der Waals surface area contributed by atoms with Gasteiger partial charge in [-0.2, -0.15) is 0 Å². The molecule has 2 aromatic rings. The molecule has 0 atom stereocenters. The highest BCUT2D eigenvalue weighted by molar-refractivity contribution is 5.64. The van der Waals surface area contributed by atoms with Gasteiger partial charge < -0.3 is 0 Å². The van der Waals surface area contributed by atoms with Crippen LogP contribution in [0.2, 0.25) is 0 Å². The summed E-state index contributed by atoms with van der Waals surface area (Å²) in [6, 6.07) is 11.7. The minimum absolute atomic E-state index is 0.489. The maximum Gasteiger partial charge on any atom is 0.159 e. The lowest BCUT2D eigenvalue weighted by atomic mass is 9.81. The summed E-state index contributed by atoms with van der Waals surface area (Å²) in [5, 5.41) is 0.